The minimum absolute atomic E-state index is 0.371. The van der Waals surface area contributed by atoms with Crippen molar-refractivity contribution in [3.8, 4) is 0 Å². The highest BCUT2D eigenvalue weighted by Crippen LogP contribution is 2.34. The van der Waals surface area contributed by atoms with E-state index in [2.05, 4.69) is 4.40 Å². The van der Waals surface area contributed by atoms with Gasteiger partial charge in [-0.25, -0.2) is 4.21 Å². The average Bonchev–Trinajstić information content (AvgIpc) is 2.22. The first-order valence-electron chi connectivity index (χ1n) is 5.34. The van der Waals surface area contributed by atoms with Crippen LogP contribution in [0.5, 0.6) is 0 Å². The number of nitrogens with zero attached hydrogens (tertiary/aromatic N) is 1. The zero-order valence-corrected chi connectivity index (χ0v) is 12.2. The smallest absolute Gasteiger partial charge is 0.234 e. The predicted octanol–water partition coefficient (Wildman–Crippen LogP) is 4.24. The van der Waals surface area contributed by atoms with Gasteiger partial charge in [0.15, 0.2) is 0 Å². The van der Waals surface area contributed by atoms with Gasteiger partial charge in [-0.15, -0.1) is 0 Å². The van der Waals surface area contributed by atoms with Crippen molar-refractivity contribution in [2.75, 3.05) is 0 Å². The second kappa shape index (κ2) is 5.63. The summed E-state index contributed by atoms with van der Waals surface area (Å²) in [6.45, 7) is 5.25. The van der Waals surface area contributed by atoms with Crippen LogP contribution in [-0.2, 0) is 17.2 Å². The summed E-state index contributed by atoms with van der Waals surface area (Å²) >= 11 is 5.56. The van der Waals surface area contributed by atoms with Crippen LogP contribution in [0.3, 0.4) is 0 Å². The van der Waals surface area contributed by atoms with Crippen molar-refractivity contribution in [2.45, 2.75) is 31.7 Å². The van der Waals surface area contributed by atoms with Crippen molar-refractivity contribution in [2.24, 2.45) is 4.40 Å². The quantitative estimate of drug-likeness (QED) is 0.751. The molecule has 0 saturated carbocycles. The van der Waals surface area contributed by atoms with Crippen molar-refractivity contribution in [1.82, 2.24) is 0 Å². The molecule has 0 unspecified atom stereocenters. The van der Waals surface area contributed by atoms with Gasteiger partial charge < -0.3 is 0 Å². The minimum Gasteiger partial charge on any atom is -0.234 e. The van der Waals surface area contributed by atoms with E-state index < -0.39 is 32.5 Å². The van der Waals surface area contributed by atoms with Crippen LogP contribution in [0.15, 0.2) is 22.6 Å². The first-order chi connectivity index (χ1) is 8.51. The maximum atomic E-state index is 12.5. The van der Waals surface area contributed by atoms with Crippen LogP contribution in [0.1, 0.15) is 31.9 Å². The zero-order valence-electron chi connectivity index (χ0n) is 10.6. The summed E-state index contributed by atoms with van der Waals surface area (Å²) in [4.78, 5) is 0. The molecule has 1 rings (SSSR count). The van der Waals surface area contributed by atoms with E-state index in [1.807, 2.05) is 0 Å². The Morgan fingerprint density at radius 2 is 1.84 bits per heavy atom. The number of hydrogen-bond donors (Lipinski definition) is 0. The Hall–Kier alpha value is -0.880. The van der Waals surface area contributed by atoms with Crippen molar-refractivity contribution < 1.29 is 17.4 Å². The fourth-order valence-corrected chi connectivity index (χ4v) is 1.94. The largest absolute Gasteiger partial charge is 0.417 e. The van der Waals surface area contributed by atoms with E-state index in [0.717, 1.165) is 12.1 Å². The molecular formula is C12H13ClF3NOS. The van der Waals surface area contributed by atoms with E-state index in [1.54, 1.807) is 20.8 Å². The molecule has 0 N–H and O–H groups in total. The standard InChI is InChI=1S/C12H13ClF3NOS/c1-11(2,3)19(18)17-7-8-4-5-9(10(13)6-8)12(14,15)16/h4-7H,1-3H3/b17-7+/t19-/m0/s1. The van der Waals surface area contributed by atoms with Gasteiger partial charge in [-0.05, 0) is 38.5 Å². The fourth-order valence-electron chi connectivity index (χ4n) is 1.11. The molecule has 0 heterocycles. The third-order valence-electron chi connectivity index (χ3n) is 2.12. The van der Waals surface area contributed by atoms with Crippen LogP contribution in [0.25, 0.3) is 0 Å². The van der Waals surface area contributed by atoms with E-state index in [-0.39, 0.29) is 0 Å². The molecule has 0 radical (unpaired) electrons. The number of alkyl halides is 3. The maximum absolute atomic E-state index is 12.5. The highest BCUT2D eigenvalue weighted by molar-refractivity contribution is 7.85. The van der Waals surface area contributed by atoms with Crippen LogP contribution in [0.4, 0.5) is 13.2 Å². The fraction of sp³-hybridized carbons (Fsp3) is 0.417. The summed E-state index contributed by atoms with van der Waals surface area (Å²) < 4.78 is 52.4. The van der Waals surface area contributed by atoms with Crippen LogP contribution >= 0.6 is 11.6 Å². The van der Waals surface area contributed by atoms with Crippen molar-refractivity contribution in [1.29, 1.82) is 0 Å². The normalized spacial score (nSPS) is 14.9. The highest BCUT2D eigenvalue weighted by atomic mass is 35.5. The molecule has 1 aromatic rings. The van der Waals surface area contributed by atoms with E-state index in [4.69, 9.17) is 11.6 Å². The van der Waals surface area contributed by atoms with Crippen LogP contribution in [0, 0.1) is 0 Å². The third-order valence-corrected chi connectivity index (χ3v) is 3.78. The molecule has 0 aliphatic carbocycles. The monoisotopic (exact) mass is 311 g/mol. The maximum Gasteiger partial charge on any atom is 0.417 e. The average molecular weight is 312 g/mol. The van der Waals surface area contributed by atoms with Gasteiger partial charge >= 0.3 is 6.18 Å². The molecule has 0 aliphatic rings. The van der Waals surface area contributed by atoms with Crippen molar-refractivity contribution >= 4 is 28.8 Å². The first-order valence-corrected chi connectivity index (χ1v) is 6.83. The summed E-state index contributed by atoms with van der Waals surface area (Å²) in [5, 5.41) is -0.405. The topological polar surface area (TPSA) is 29.4 Å². The van der Waals surface area contributed by atoms with E-state index in [9.17, 15) is 17.4 Å². The van der Waals surface area contributed by atoms with E-state index in [0.29, 0.717) is 5.56 Å². The molecule has 0 aromatic heterocycles. The molecule has 2 nitrogen and oxygen atoms in total. The van der Waals surface area contributed by atoms with Crippen LogP contribution < -0.4 is 0 Å². The molecule has 1 atom stereocenters. The predicted molar refractivity (Wildman–Crippen MR) is 71.9 cm³/mol. The summed E-state index contributed by atoms with van der Waals surface area (Å²) in [7, 11) is -1.46. The second-order valence-corrected chi connectivity index (χ2v) is 7.17. The second-order valence-electron chi connectivity index (χ2n) is 4.83. The van der Waals surface area contributed by atoms with Gasteiger partial charge in [-0.3, -0.25) is 0 Å². The SMILES string of the molecule is CC(C)(C)[S@](=O)/N=C/c1ccc(C(F)(F)F)c(Cl)c1. The van der Waals surface area contributed by atoms with Crippen molar-refractivity contribution in [3.05, 3.63) is 34.3 Å². The van der Waals surface area contributed by atoms with Gasteiger partial charge in [0.25, 0.3) is 0 Å². The Morgan fingerprint density at radius 1 is 1.26 bits per heavy atom. The van der Waals surface area contributed by atoms with Crippen LogP contribution in [0.2, 0.25) is 5.02 Å². The molecule has 0 spiro atoms. The summed E-state index contributed by atoms with van der Waals surface area (Å²) in [6, 6.07) is 3.26. The molecule has 19 heavy (non-hydrogen) atoms. The molecule has 1 aromatic carbocycles. The molecule has 0 bridgehead atoms. The van der Waals surface area contributed by atoms with Gasteiger partial charge in [0.2, 0.25) is 0 Å². The molecular weight excluding hydrogens is 299 g/mol. The zero-order chi connectivity index (χ0) is 14.8. The van der Waals surface area contributed by atoms with Crippen molar-refractivity contribution in [3.63, 3.8) is 0 Å². The molecule has 0 amide bonds. The number of rotatable bonds is 2. The Labute approximate surface area is 117 Å². The Kier molecular flexibility index (Phi) is 4.79. The van der Waals surface area contributed by atoms with Gasteiger partial charge in [0, 0.05) is 6.21 Å². The van der Waals surface area contributed by atoms with E-state index >= 15 is 0 Å². The number of halogens is 4. The molecule has 0 saturated heterocycles. The molecule has 0 fully saturated rings. The highest BCUT2D eigenvalue weighted by Gasteiger charge is 2.32. The van der Waals surface area contributed by atoms with Gasteiger partial charge in [0.05, 0.1) is 15.3 Å². The lowest BCUT2D eigenvalue weighted by Gasteiger charge is -2.13. The lowest BCUT2D eigenvalue weighted by atomic mass is 10.1. The molecule has 106 valence electrons. The van der Waals surface area contributed by atoms with Crippen LogP contribution in [-0.4, -0.2) is 15.2 Å². The van der Waals surface area contributed by atoms with E-state index in [1.165, 1.54) is 12.3 Å². The van der Waals surface area contributed by atoms with Gasteiger partial charge in [-0.2, -0.15) is 17.6 Å². The Morgan fingerprint density at radius 3 is 2.26 bits per heavy atom. The van der Waals surface area contributed by atoms with Gasteiger partial charge in [0.1, 0.15) is 11.0 Å². The third kappa shape index (κ3) is 4.62. The number of benzene rings is 1. The summed E-state index contributed by atoms with van der Waals surface area (Å²) in [5.41, 5.74) is -0.529. The first kappa shape index (κ1) is 16.2. The molecule has 0 aliphatic heterocycles. The lowest BCUT2D eigenvalue weighted by Crippen LogP contribution is -2.19. The lowest BCUT2D eigenvalue weighted by molar-refractivity contribution is -0.137. The summed E-state index contributed by atoms with van der Waals surface area (Å²) in [6.07, 6.45) is -3.23. The number of hydrogen-bond acceptors (Lipinski definition) is 1. The Bertz CT molecular complexity index is 521. The molecule has 7 heteroatoms. The Balaban J connectivity index is 2.98. The van der Waals surface area contributed by atoms with Gasteiger partial charge in [-0.1, -0.05) is 17.7 Å². The summed E-state index contributed by atoms with van der Waals surface area (Å²) in [5.74, 6) is 0. The minimum atomic E-state index is -4.49.